The number of imidazole rings is 1. The van der Waals surface area contributed by atoms with Crippen molar-refractivity contribution in [1.29, 1.82) is 0 Å². The van der Waals surface area contributed by atoms with Crippen LogP contribution >= 0.6 is 0 Å². The van der Waals surface area contributed by atoms with Crippen molar-refractivity contribution < 1.29 is 13.2 Å². The van der Waals surface area contributed by atoms with E-state index in [9.17, 15) is 18.0 Å². The Balaban J connectivity index is 1.73. The molecule has 0 spiro atoms. The summed E-state index contributed by atoms with van der Waals surface area (Å²) in [6.07, 6.45) is 3.74. The Bertz CT molecular complexity index is 1070. The summed E-state index contributed by atoms with van der Waals surface area (Å²) in [5.41, 5.74) is 0.698. The third kappa shape index (κ3) is 3.16. The Morgan fingerprint density at radius 3 is 2.79 bits per heavy atom. The minimum absolute atomic E-state index is 0.0267. The number of rotatable bonds is 4. The third-order valence-corrected chi connectivity index (χ3v) is 7.33. The molecule has 0 aliphatic carbocycles. The maximum atomic E-state index is 13.1. The number of nitrogens with one attached hydrogen (secondary N) is 1. The van der Waals surface area contributed by atoms with Crippen LogP contribution < -0.4 is 10.9 Å². The summed E-state index contributed by atoms with van der Waals surface area (Å²) in [5.74, 6) is -0.321. The number of pyridine rings is 1. The van der Waals surface area contributed by atoms with Gasteiger partial charge in [-0.1, -0.05) is 6.07 Å². The average molecular weight is 405 g/mol. The Morgan fingerprint density at radius 2 is 2.11 bits per heavy atom. The quantitative estimate of drug-likeness (QED) is 0.775. The molecule has 0 unspecified atom stereocenters. The zero-order valence-electron chi connectivity index (χ0n) is 15.8. The summed E-state index contributed by atoms with van der Waals surface area (Å²) in [4.78, 5) is 28.0. The van der Waals surface area contributed by atoms with Crippen LogP contribution in [0.4, 0.5) is 0 Å². The number of sulfonamides is 1. The number of carbonyl (C=O) groups excluding carboxylic acids is 1. The molecular weight excluding hydrogens is 382 g/mol. The first-order valence-corrected chi connectivity index (χ1v) is 10.7. The highest BCUT2D eigenvalue weighted by Crippen LogP contribution is 2.42. The zero-order chi connectivity index (χ0) is 20.1. The van der Waals surface area contributed by atoms with Gasteiger partial charge in [0, 0.05) is 57.5 Å². The Labute approximate surface area is 163 Å². The van der Waals surface area contributed by atoms with Gasteiger partial charge in [0.1, 0.15) is 0 Å². The Morgan fingerprint density at radius 1 is 1.32 bits per heavy atom. The minimum atomic E-state index is -3.72. The molecule has 0 saturated carbocycles. The average Bonchev–Trinajstić information content (AvgIpc) is 3.09. The zero-order valence-corrected chi connectivity index (χ0v) is 16.6. The van der Waals surface area contributed by atoms with E-state index in [1.165, 1.54) is 29.8 Å². The lowest BCUT2D eigenvalue weighted by Gasteiger charge is -2.46. The molecule has 4 heterocycles. The van der Waals surface area contributed by atoms with Gasteiger partial charge in [-0.2, -0.15) is 4.31 Å². The molecule has 4 rings (SSSR count). The van der Waals surface area contributed by atoms with Crippen LogP contribution in [0.25, 0.3) is 0 Å². The molecule has 0 radical (unpaired) electrons. The molecule has 28 heavy (non-hydrogen) atoms. The minimum Gasteiger partial charge on any atom is -0.354 e. The second kappa shape index (κ2) is 6.85. The van der Waals surface area contributed by atoms with Gasteiger partial charge in [-0.15, -0.1) is 0 Å². The molecule has 2 bridgehead atoms. The Hall–Kier alpha value is -2.46. The van der Waals surface area contributed by atoms with Crippen molar-refractivity contribution >= 4 is 15.9 Å². The molecule has 2 aliphatic heterocycles. The molecule has 1 amide bonds. The van der Waals surface area contributed by atoms with E-state index in [2.05, 4.69) is 10.3 Å². The first kappa shape index (κ1) is 18.9. The van der Waals surface area contributed by atoms with E-state index in [-0.39, 0.29) is 34.4 Å². The predicted octanol–water partition coefficient (Wildman–Crippen LogP) is 0.0670. The molecule has 3 atom stereocenters. The van der Waals surface area contributed by atoms with Crippen LogP contribution in [-0.4, -0.2) is 52.4 Å². The molecule has 10 heteroatoms. The molecular formula is C18H23N5O4S. The van der Waals surface area contributed by atoms with Crippen LogP contribution in [0.15, 0.2) is 40.5 Å². The number of fused-ring (bicyclic) bond motifs is 4. The first-order chi connectivity index (χ1) is 13.3. The number of hydrogen-bond donors (Lipinski definition) is 1. The van der Waals surface area contributed by atoms with Crippen molar-refractivity contribution in [2.75, 3.05) is 19.6 Å². The highest BCUT2D eigenvalue weighted by atomic mass is 32.2. The summed E-state index contributed by atoms with van der Waals surface area (Å²) in [5, 5.41) is 2.82. The summed E-state index contributed by atoms with van der Waals surface area (Å²) in [6, 6.07) is 4.80. The molecule has 1 saturated heterocycles. The first-order valence-electron chi connectivity index (χ1n) is 9.21. The lowest BCUT2D eigenvalue weighted by Crippen LogP contribution is -2.53. The largest absolute Gasteiger partial charge is 0.354 e. The van der Waals surface area contributed by atoms with Gasteiger partial charge in [0.25, 0.3) is 15.6 Å². The summed E-state index contributed by atoms with van der Waals surface area (Å²) in [6.45, 7) is 2.33. The van der Waals surface area contributed by atoms with Gasteiger partial charge in [-0.25, -0.2) is 13.4 Å². The van der Waals surface area contributed by atoms with Crippen molar-refractivity contribution in [1.82, 2.24) is 23.7 Å². The second-order valence-corrected chi connectivity index (χ2v) is 9.44. The van der Waals surface area contributed by atoms with E-state index in [1.54, 1.807) is 22.2 Å². The SMILES string of the molecule is CC(=O)NC[C@H]1[C@H]2C[C@H](CN(S(=O)(=O)c3cn(C)cn3)C2)c2cccc(=O)n21. The molecule has 1 fully saturated rings. The fraction of sp³-hybridized carbons (Fsp3) is 0.500. The monoisotopic (exact) mass is 405 g/mol. The van der Waals surface area contributed by atoms with Crippen molar-refractivity contribution in [3.05, 3.63) is 46.8 Å². The van der Waals surface area contributed by atoms with Crippen LogP contribution in [0.1, 0.15) is 31.0 Å². The molecule has 2 aliphatic rings. The molecule has 2 aromatic rings. The van der Waals surface area contributed by atoms with Gasteiger partial charge in [-0.3, -0.25) is 9.59 Å². The van der Waals surface area contributed by atoms with E-state index < -0.39 is 10.0 Å². The maximum Gasteiger partial charge on any atom is 0.262 e. The number of aromatic nitrogens is 3. The standard InChI is InChI=1S/C18H23N5O4S/c1-12(24)19-7-16-14-6-13(15-4-3-5-18(25)23(15)16)8-22(9-14)28(26,27)17-10-21(2)11-20-17/h3-5,10-11,13-14,16H,6-9H2,1-2H3,(H,19,24)/t13-,14+,16+/m1/s1. The molecule has 1 N–H and O–H groups in total. The van der Waals surface area contributed by atoms with Gasteiger partial charge in [0.2, 0.25) is 5.91 Å². The van der Waals surface area contributed by atoms with Crippen molar-refractivity contribution in [2.24, 2.45) is 13.0 Å². The number of carbonyl (C=O) groups is 1. The number of hydrogen-bond acceptors (Lipinski definition) is 5. The molecule has 2 aromatic heterocycles. The van der Waals surface area contributed by atoms with Gasteiger partial charge in [0.05, 0.1) is 12.4 Å². The lowest BCUT2D eigenvalue weighted by molar-refractivity contribution is -0.119. The fourth-order valence-corrected chi connectivity index (χ4v) is 5.87. The van der Waals surface area contributed by atoms with Crippen LogP contribution in [0, 0.1) is 5.92 Å². The fourth-order valence-electron chi connectivity index (χ4n) is 4.36. The van der Waals surface area contributed by atoms with Crippen LogP contribution in [0.3, 0.4) is 0 Å². The summed E-state index contributed by atoms with van der Waals surface area (Å²) in [7, 11) is -2.00. The smallest absolute Gasteiger partial charge is 0.262 e. The summed E-state index contributed by atoms with van der Waals surface area (Å²) >= 11 is 0. The van der Waals surface area contributed by atoms with Gasteiger partial charge in [-0.05, 0) is 18.4 Å². The molecule has 150 valence electrons. The highest BCUT2D eigenvalue weighted by Gasteiger charge is 2.44. The Kier molecular flexibility index (Phi) is 4.62. The number of piperidine rings is 1. The number of amides is 1. The van der Waals surface area contributed by atoms with E-state index in [0.29, 0.717) is 19.6 Å². The van der Waals surface area contributed by atoms with E-state index in [1.807, 2.05) is 6.07 Å². The highest BCUT2D eigenvalue weighted by molar-refractivity contribution is 7.89. The molecule has 9 nitrogen and oxygen atoms in total. The summed E-state index contributed by atoms with van der Waals surface area (Å²) < 4.78 is 31.0. The van der Waals surface area contributed by atoms with Gasteiger partial charge in [0.15, 0.2) is 5.03 Å². The van der Waals surface area contributed by atoms with Crippen LogP contribution in [0.5, 0.6) is 0 Å². The normalized spacial score (nSPS) is 24.6. The van der Waals surface area contributed by atoms with Gasteiger partial charge >= 0.3 is 0 Å². The van der Waals surface area contributed by atoms with Crippen LogP contribution in [0.2, 0.25) is 0 Å². The third-order valence-electron chi connectivity index (χ3n) is 5.61. The topological polar surface area (TPSA) is 106 Å². The predicted molar refractivity (Wildman–Crippen MR) is 101 cm³/mol. The van der Waals surface area contributed by atoms with Crippen molar-refractivity contribution in [3.8, 4) is 0 Å². The number of nitrogens with zero attached hydrogens (tertiary/aromatic N) is 4. The maximum absolute atomic E-state index is 13.1. The number of aryl methyl sites for hydroxylation is 1. The van der Waals surface area contributed by atoms with Gasteiger partial charge < -0.3 is 14.5 Å². The lowest BCUT2D eigenvalue weighted by atomic mass is 9.79. The van der Waals surface area contributed by atoms with E-state index >= 15 is 0 Å². The van der Waals surface area contributed by atoms with E-state index in [0.717, 1.165) is 12.1 Å². The molecule has 0 aromatic carbocycles. The van der Waals surface area contributed by atoms with E-state index in [4.69, 9.17) is 0 Å². The van der Waals surface area contributed by atoms with Crippen molar-refractivity contribution in [3.63, 3.8) is 0 Å². The van der Waals surface area contributed by atoms with Crippen LogP contribution in [-0.2, 0) is 21.9 Å². The van der Waals surface area contributed by atoms with Crippen molar-refractivity contribution in [2.45, 2.75) is 30.3 Å². The second-order valence-electron chi connectivity index (χ2n) is 7.56.